The minimum absolute atomic E-state index is 0.157. The number of likely N-dealkylation sites (N-methyl/N-ethyl adjacent to an activating group) is 1. The highest BCUT2D eigenvalue weighted by Crippen LogP contribution is 2.44. The van der Waals surface area contributed by atoms with Gasteiger partial charge in [-0.25, -0.2) is 22.7 Å². The molecule has 0 saturated carbocycles. The summed E-state index contributed by atoms with van der Waals surface area (Å²) in [5.74, 6) is 0.337. The van der Waals surface area contributed by atoms with Crippen LogP contribution in [-0.2, 0) is 34.3 Å². The second-order valence-corrected chi connectivity index (χ2v) is 15.3. The van der Waals surface area contributed by atoms with E-state index in [1.165, 1.54) is 22.3 Å². The molecule has 10 nitrogen and oxygen atoms in total. The van der Waals surface area contributed by atoms with Gasteiger partial charge in [-0.2, -0.15) is 18.4 Å². The molecular formula is C33H36F3N7O3S. The Labute approximate surface area is 271 Å². The number of benzene rings is 2. The number of halogens is 3. The number of alkyl halides is 3. The summed E-state index contributed by atoms with van der Waals surface area (Å²) in [5.41, 5.74) is 4.78. The molecule has 4 aromatic rings. The van der Waals surface area contributed by atoms with E-state index >= 15 is 0 Å². The summed E-state index contributed by atoms with van der Waals surface area (Å²) in [5, 5.41) is 11.6. The third-order valence-electron chi connectivity index (χ3n) is 10.1. The van der Waals surface area contributed by atoms with Gasteiger partial charge in [0.15, 0.2) is 5.94 Å². The minimum Gasteiger partial charge on any atom is -0.358 e. The van der Waals surface area contributed by atoms with E-state index in [-0.39, 0.29) is 29.6 Å². The largest absolute Gasteiger partial charge is 0.393 e. The van der Waals surface area contributed by atoms with Crippen LogP contribution in [0.1, 0.15) is 35.2 Å². The first-order chi connectivity index (χ1) is 22.3. The number of hydrogen-bond acceptors (Lipinski definition) is 8. The number of anilines is 1. The van der Waals surface area contributed by atoms with Crippen LogP contribution in [0.2, 0.25) is 0 Å². The van der Waals surface area contributed by atoms with Gasteiger partial charge in [-0.05, 0) is 73.8 Å². The maximum Gasteiger partial charge on any atom is 0.393 e. The van der Waals surface area contributed by atoms with Crippen molar-refractivity contribution in [1.29, 1.82) is 5.26 Å². The Morgan fingerprint density at radius 1 is 1.09 bits per heavy atom. The predicted octanol–water partition coefficient (Wildman–Crippen LogP) is 4.59. The lowest BCUT2D eigenvalue weighted by atomic mass is 9.72. The van der Waals surface area contributed by atoms with E-state index < -0.39 is 22.6 Å². The van der Waals surface area contributed by atoms with Crippen molar-refractivity contribution in [2.24, 2.45) is 5.41 Å². The maximum absolute atomic E-state index is 13.0. The molecule has 248 valence electrons. The summed E-state index contributed by atoms with van der Waals surface area (Å²) in [7, 11) is -1.86. The van der Waals surface area contributed by atoms with Gasteiger partial charge in [-0.15, -0.1) is 0 Å². The quantitative estimate of drug-likeness (QED) is 0.294. The number of nitrogens with zero attached hydrogens (tertiary/aromatic N) is 7. The first kappa shape index (κ1) is 31.8. The van der Waals surface area contributed by atoms with Crippen LogP contribution in [0, 0.1) is 23.7 Å². The third kappa shape index (κ3) is 6.17. The zero-order valence-electron chi connectivity index (χ0n) is 26.3. The molecule has 0 amide bonds. The molecule has 0 radical (unpaired) electrons. The molecular weight excluding hydrogens is 631 g/mol. The van der Waals surface area contributed by atoms with Gasteiger partial charge in [0.25, 0.3) is 0 Å². The van der Waals surface area contributed by atoms with Gasteiger partial charge in [-0.1, -0.05) is 12.1 Å². The zero-order chi connectivity index (χ0) is 33.1. The van der Waals surface area contributed by atoms with E-state index in [2.05, 4.69) is 38.8 Å². The van der Waals surface area contributed by atoms with Crippen LogP contribution in [0.15, 0.2) is 42.7 Å². The lowest BCUT2D eigenvalue weighted by Crippen LogP contribution is -2.60. The van der Waals surface area contributed by atoms with Crippen LogP contribution in [0.25, 0.3) is 21.8 Å². The van der Waals surface area contributed by atoms with Crippen molar-refractivity contribution in [3.63, 3.8) is 0 Å². The minimum atomic E-state index is -4.27. The van der Waals surface area contributed by atoms with Crippen molar-refractivity contribution >= 4 is 37.6 Å². The fourth-order valence-corrected chi connectivity index (χ4v) is 8.30. The Bertz CT molecular complexity index is 1990. The topological polar surface area (TPSA) is 108 Å². The number of ether oxygens (including phenoxy) is 1. The monoisotopic (exact) mass is 667 g/mol. The second kappa shape index (κ2) is 11.7. The normalized spacial score (nSPS) is 21.7. The summed E-state index contributed by atoms with van der Waals surface area (Å²) < 4.78 is 72.0. The van der Waals surface area contributed by atoms with Crippen LogP contribution in [0.4, 0.5) is 19.0 Å². The van der Waals surface area contributed by atoms with Crippen molar-refractivity contribution in [2.75, 3.05) is 50.6 Å². The molecule has 7 rings (SSSR count). The van der Waals surface area contributed by atoms with E-state index in [4.69, 9.17) is 4.74 Å². The highest BCUT2D eigenvalue weighted by molar-refractivity contribution is 7.88. The molecule has 2 aromatic carbocycles. The van der Waals surface area contributed by atoms with Crippen LogP contribution in [-0.4, -0.2) is 90.1 Å². The molecule has 3 saturated heterocycles. The summed E-state index contributed by atoms with van der Waals surface area (Å²) in [6, 6.07) is 13.1. The van der Waals surface area contributed by atoms with Crippen molar-refractivity contribution in [3.05, 3.63) is 65.1 Å². The molecule has 3 aliphatic heterocycles. The Balaban J connectivity index is 1.00. The number of fused-ring (bicyclic) bond motifs is 2. The number of sulfonamides is 1. The number of rotatable bonds is 6. The highest BCUT2D eigenvalue weighted by Gasteiger charge is 2.45. The molecule has 1 spiro atoms. The third-order valence-corrected chi connectivity index (χ3v) is 11.6. The molecule has 2 aromatic heterocycles. The number of likely N-dealkylation sites (tertiary alicyclic amines) is 1. The Morgan fingerprint density at radius 3 is 2.55 bits per heavy atom. The van der Waals surface area contributed by atoms with Gasteiger partial charge in [0, 0.05) is 54.9 Å². The average Bonchev–Trinajstić information content (AvgIpc) is 3.37. The van der Waals surface area contributed by atoms with Crippen molar-refractivity contribution in [2.45, 2.75) is 51.6 Å². The highest BCUT2D eigenvalue weighted by atomic mass is 32.2. The van der Waals surface area contributed by atoms with E-state index in [0.29, 0.717) is 29.0 Å². The molecule has 47 heavy (non-hydrogen) atoms. The number of aromatic nitrogens is 3. The number of hydrogen-bond donors (Lipinski definition) is 0. The Kier molecular flexibility index (Phi) is 7.94. The van der Waals surface area contributed by atoms with E-state index in [1.54, 1.807) is 19.2 Å². The first-order valence-electron chi connectivity index (χ1n) is 15.7. The van der Waals surface area contributed by atoms with Crippen LogP contribution >= 0.6 is 0 Å². The Hall–Kier alpha value is -3.77. The van der Waals surface area contributed by atoms with Crippen molar-refractivity contribution < 1.29 is 26.3 Å². The Morgan fingerprint density at radius 2 is 1.85 bits per heavy atom. The molecule has 3 aliphatic rings. The van der Waals surface area contributed by atoms with Crippen molar-refractivity contribution in [1.82, 2.24) is 23.7 Å². The average molecular weight is 668 g/mol. The van der Waals surface area contributed by atoms with Gasteiger partial charge in [0.1, 0.15) is 23.9 Å². The first-order valence-corrected chi connectivity index (χ1v) is 17.3. The van der Waals surface area contributed by atoms with Crippen molar-refractivity contribution in [3.8, 4) is 6.07 Å². The summed E-state index contributed by atoms with van der Waals surface area (Å²) in [6.45, 7) is 7.00. The maximum atomic E-state index is 13.0. The lowest BCUT2D eigenvalue weighted by Gasteiger charge is -2.54. The molecule has 0 bridgehead atoms. The van der Waals surface area contributed by atoms with Crippen LogP contribution in [0.3, 0.4) is 0 Å². The van der Waals surface area contributed by atoms with E-state index in [0.717, 1.165) is 62.0 Å². The number of piperidine rings is 1. The fourth-order valence-electron chi connectivity index (χ4n) is 7.36. The molecule has 3 fully saturated rings. The SMILES string of the molecule is Cc1c(CN2CCC3(CC2)CN(c2ncnc4ccc(CC(F)(F)F)cc24)C3)ccc2c1cc(C#N)n2CC1CN(C)S(=O)(=O)CO1. The smallest absolute Gasteiger partial charge is 0.358 e. The molecule has 0 N–H and O–H groups in total. The molecule has 5 heterocycles. The number of nitriles is 1. The molecule has 0 aliphatic carbocycles. The van der Waals surface area contributed by atoms with E-state index in [1.807, 2.05) is 16.7 Å². The van der Waals surface area contributed by atoms with Gasteiger partial charge in [-0.3, -0.25) is 4.90 Å². The molecule has 1 atom stereocenters. The second-order valence-electron chi connectivity index (χ2n) is 13.3. The van der Waals surface area contributed by atoms with E-state index in [9.17, 15) is 26.9 Å². The summed E-state index contributed by atoms with van der Waals surface area (Å²) >= 11 is 0. The summed E-state index contributed by atoms with van der Waals surface area (Å²) in [6.07, 6.45) is -2.08. The molecule has 1 unspecified atom stereocenters. The number of aryl methyl sites for hydroxylation is 1. The standard InChI is InChI=1S/C33H36F3N7O3S/c1-22-24(4-6-30-27(22)12-25(14-37)43(30)17-26-16-40(2)47(44,45)21-46-26)15-41-9-7-32(8-10-41)18-42(19-32)31-28-11-23(13-33(34,35)36)3-5-29(28)38-20-39-31/h3-6,11-12,20,26H,7-10,13,15-19,21H2,1-2H3. The predicted molar refractivity (Wildman–Crippen MR) is 171 cm³/mol. The van der Waals surface area contributed by atoms with Crippen LogP contribution < -0.4 is 4.90 Å². The summed E-state index contributed by atoms with van der Waals surface area (Å²) in [4.78, 5) is 13.4. The van der Waals surface area contributed by atoms with Crippen LogP contribution in [0.5, 0.6) is 0 Å². The lowest BCUT2D eigenvalue weighted by molar-refractivity contribution is -0.127. The fraction of sp³-hybridized carbons (Fsp3) is 0.485. The van der Waals surface area contributed by atoms with Gasteiger partial charge >= 0.3 is 6.18 Å². The molecule has 14 heteroatoms. The van der Waals surface area contributed by atoms with Gasteiger partial charge < -0.3 is 14.2 Å². The zero-order valence-corrected chi connectivity index (χ0v) is 27.1. The van der Waals surface area contributed by atoms with Gasteiger partial charge in [0.05, 0.1) is 24.6 Å². The van der Waals surface area contributed by atoms with Gasteiger partial charge in [0.2, 0.25) is 10.0 Å².